The molecule has 20 heavy (non-hydrogen) atoms. The molecule has 2 rings (SSSR count). The molecule has 0 aromatic heterocycles. The zero-order chi connectivity index (χ0) is 14.9. The monoisotopic (exact) mass is 360 g/mol. The molecule has 0 nitrogen and oxygen atoms in total. The third kappa shape index (κ3) is 3.76. The fourth-order valence-corrected chi connectivity index (χ4v) is 4.07. The average Bonchev–Trinajstić information content (AvgIpc) is 2.36. The molecule has 1 aliphatic rings. The third-order valence-electron chi connectivity index (χ3n) is 4.63. The first-order chi connectivity index (χ1) is 9.29. The first-order valence-electron chi connectivity index (χ1n) is 7.36. The van der Waals surface area contributed by atoms with Crippen molar-refractivity contribution >= 4 is 27.5 Å². The molecular weight excluding hydrogens is 339 g/mol. The molecule has 0 N–H and O–H groups in total. The molecule has 1 fully saturated rings. The summed E-state index contributed by atoms with van der Waals surface area (Å²) in [6, 6.07) is 5.32. The number of hydrogen-bond acceptors (Lipinski definition) is 0. The number of alkyl halides is 1. The Bertz CT molecular complexity index is 467. The molecule has 0 aliphatic heterocycles. The summed E-state index contributed by atoms with van der Waals surface area (Å²) in [6.07, 6.45) is 4.36. The van der Waals surface area contributed by atoms with E-state index in [4.69, 9.17) is 11.6 Å². The molecule has 3 heteroatoms. The van der Waals surface area contributed by atoms with Crippen LogP contribution in [-0.2, 0) is 6.42 Å². The van der Waals surface area contributed by atoms with Gasteiger partial charge < -0.3 is 0 Å². The van der Waals surface area contributed by atoms with Crippen molar-refractivity contribution in [2.75, 3.05) is 0 Å². The molecule has 0 bridgehead atoms. The van der Waals surface area contributed by atoms with Crippen molar-refractivity contribution in [3.05, 3.63) is 34.6 Å². The van der Waals surface area contributed by atoms with Crippen LogP contribution in [0.25, 0.3) is 0 Å². The van der Waals surface area contributed by atoms with Crippen LogP contribution in [0.4, 0.5) is 4.39 Å². The van der Waals surface area contributed by atoms with Gasteiger partial charge in [0.1, 0.15) is 5.82 Å². The van der Waals surface area contributed by atoms with Crippen molar-refractivity contribution in [3.8, 4) is 0 Å². The lowest BCUT2D eigenvalue weighted by atomic mass is 9.68. The Morgan fingerprint density at radius 3 is 2.65 bits per heavy atom. The number of hydrogen-bond donors (Lipinski definition) is 0. The van der Waals surface area contributed by atoms with Gasteiger partial charge in [-0.2, -0.15) is 0 Å². The lowest BCUT2D eigenvalue weighted by Gasteiger charge is -2.40. The molecule has 1 aliphatic carbocycles. The highest BCUT2D eigenvalue weighted by Gasteiger charge is 2.35. The quantitative estimate of drug-likeness (QED) is 0.546. The van der Waals surface area contributed by atoms with E-state index in [9.17, 15) is 4.39 Å². The predicted octanol–water partition coefficient (Wildman–Crippen LogP) is 6.25. The van der Waals surface area contributed by atoms with Gasteiger partial charge in [0.25, 0.3) is 0 Å². The third-order valence-corrected chi connectivity index (χ3v) is 6.13. The second-order valence-corrected chi connectivity index (χ2v) is 8.65. The Hall–Kier alpha value is -0.0800. The van der Waals surface area contributed by atoms with Crippen LogP contribution in [0, 0.1) is 23.1 Å². The fraction of sp³-hybridized carbons (Fsp3) is 0.647. The van der Waals surface area contributed by atoms with Crippen LogP contribution >= 0.6 is 27.5 Å². The summed E-state index contributed by atoms with van der Waals surface area (Å²) in [6.45, 7) is 6.93. The smallest absolute Gasteiger partial charge is 0.144 e. The second-order valence-electron chi connectivity index (χ2n) is 7.07. The zero-order valence-electron chi connectivity index (χ0n) is 12.4. The minimum atomic E-state index is -0.244. The summed E-state index contributed by atoms with van der Waals surface area (Å²) < 4.78 is 14.1. The Morgan fingerprint density at radius 2 is 2.00 bits per heavy atom. The van der Waals surface area contributed by atoms with E-state index in [1.54, 1.807) is 6.07 Å². The minimum absolute atomic E-state index is 0.233. The summed E-state index contributed by atoms with van der Waals surface area (Å²) in [5.74, 6) is 0.955. The molecule has 1 aromatic carbocycles. The molecule has 0 radical (unpaired) electrons. The lowest BCUT2D eigenvalue weighted by Crippen LogP contribution is -2.33. The first-order valence-corrected chi connectivity index (χ1v) is 8.65. The van der Waals surface area contributed by atoms with E-state index >= 15 is 0 Å². The topological polar surface area (TPSA) is 0 Å². The summed E-state index contributed by atoms with van der Waals surface area (Å²) in [4.78, 5) is 0.486. The van der Waals surface area contributed by atoms with Crippen LogP contribution in [0.2, 0.25) is 5.02 Å². The van der Waals surface area contributed by atoms with Gasteiger partial charge in [0.2, 0.25) is 0 Å². The van der Waals surface area contributed by atoms with Crippen molar-refractivity contribution in [1.29, 1.82) is 0 Å². The average molecular weight is 362 g/mol. The molecule has 0 amide bonds. The van der Waals surface area contributed by atoms with E-state index < -0.39 is 0 Å². The van der Waals surface area contributed by atoms with Crippen LogP contribution in [-0.4, -0.2) is 4.83 Å². The van der Waals surface area contributed by atoms with E-state index in [-0.39, 0.29) is 10.8 Å². The zero-order valence-corrected chi connectivity index (χ0v) is 14.8. The van der Waals surface area contributed by atoms with E-state index in [2.05, 4.69) is 36.7 Å². The van der Waals surface area contributed by atoms with E-state index in [0.717, 1.165) is 18.4 Å². The fourth-order valence-electron chi connectivity index (χ4n) is 3.21. The van der Waals surface area contributed by atoms with Crippen LogP contribution in [0.1, 0.15) is 45.6 Å². The van der Waals surface area contributed by atoms with Crippen molar-refractivity contribution in [2.24, 2.45) is 17.3 Å². The van der Waals surface area contributed by atoms with Gasteiger partial charge >= 0.3 is 0 Å². The van der Waals surface area contributed by atoms with Crippen molar-refractivity contribution in [2.45, 2.75) is 51.3 Å². The normalized spacial score (nSPS) is 27.6. The molecule has 112 valence electrons. The van der Waals surface area contributed by atoms with Crippen LogP contribution < -0.4 is 0 Å². The van der Waals surface area contributed by atoms with Crippen LogP contribution in [0.3, 0.4) is 0 Å². The van der Waals surface area contributed by atoms with Gasteiger partial charge in [-0.3, -0.25) is 0 Å². The van der Waals surface area contributed by atoms with Gasteiger partial charge in [-0.05, 0) is 54.6 Å². The summed E-state index contributed by atoms with van der Waals surface area (Å²) >= 11 is 9.68. The van der Waals surface area contributed by atoms with Gasteiger partial charge in [-0.25, -0.2) is 4.39 Å². The molecule has 0 saturated heterocycles. The Labute approximate surface area is 135 Å². The highest BCUT2D eigenvalue weighted by atomic mass is 79.9. The SMILES string of the molecule is CC(C)(C)C1CCC(Br)C(Cc2cccc(Cl)c2F)C1. The van der Waals surface area contributed by atoms with Crippen molar-refractivity contribution in [1.82, 2.24) is 0 Å². The van der Waals surface area contributed by atoms with Crippen molar-refractivity contribution < 1.29 is 4.39 Å². The second kappa shape index (κ2) is 6.36. The van der Waals surface area contributed by atoms with Gasteiger partial charge in [-0.1, -0.05) is 60.4 Å². The standard InChI is InChI=1S/C17H23BrClF/c1-17(2,3)13-7-8-14(18)12(10-13)9-11-5-4-6-15(19)16(11)20/h4-6,12-14H,7-10H2,1-3H3. The molecule has 0 heterocycles. The van der Waals surface area contributed by atoms with E-state index in [1.807, 2.05) is 12.1 Å². The highest BCUT2D eigenvalue weighted by molar-refractivity contribution is 9.09. The van der Waals surface area contributed by atoms with Crippen LogP contribution in [0.5, 0.6) is 0 Å². The lowest BCUT2D eigenvalue weighted by molar-refractivity contribution is 0.146. The number of benzene rings is 1. The maximum Gasteiger partial charge on any atom is 0.144 e. The minimum Gasteiger partial charge on any atom is -0.205 e. The molecule has 3 unspecified atom stereocenters. The summed E-state index contributed by atoms with van der Waals surface area (Å²) in [5.41, 5.74) is 1.08. The van der Waals surface area contributed by atoms with E-state index in [0.29, 0.717) is 22.1 Å². The van der Waals surface area contributed by atoms with E-state index in [1.165, 1.54) is 12.8 Å². The molecular formula is C17H23BrClF. The number of halogens is 3. The van der Waals surface area contributed by atoms with Gasteiger partial charge in [0.15, 0.2) is 0 Å². The number of rotatable bonds is 2. The largest absolute Gasteiger partial charge is 0.205 e. The van der Waals surface area contributed by atoms with Crippen LogP contribution in [0.15, 0.2) is 18.2 Å². The molecule has 1 aromatic rings. The van der Waals surface area contributed by atoms with Gasteiger partial charge in [0.05, 0.1) is 5.02 Å². The summed E-state index contributed by atoms with van der Waals surface area (Å²) in [5, 5.41) is 0.233. The highest BCUT2D eigenvalue weighted by Crippen LogP contribution is 2.43. The Morgan fingerprint density at radius 1 is 1.30 bits per heavy atom. The predicted molar refractivity (Wildman–Crippen MR) is 88.1 cm³/mol. The molecule has 3 atom stereocenters. The van der Waals surface area contributed by atoms with Gasteiger partial charge in [0, 0.05) is 4.83 Å². The molecule has 0 spiro atoms. The van der Waals surface area contributed by atoms with Gasteiger partial charge in [-0.15, -0.1) is 0 Å². The molecule has 1 saturated carbocycles. The Balaban J connectivity index is 2.12. The first kappa shape index (κ1) is 16.3. The summed E-state index contributed by atoms with van der Waals surface area (Å²) in [7, 11) is 0. The maximum absolute atomic E-state index is 14.1. The maximum atomic E-state index is 14.1. The Kier molecular flexibility index (Phi) is 5.18. The van der Waals surface area contributed by atoms with Crippen molar-refractivity contribution in [3.63, 3.8) is 0 Å².